The Balaban J connectivity index is 2.24. The van der Waals surface area contributed by atoms with E-state index in [9.17, 15) is 5.11 Å². The third-order valence-electron chi connectivity index (χ3n) is 2.12. The van der Waals surface area contributed by atoms with Crippen molar-refractivity contribution in [1.82, 2.24) is 16.0 Å². The van der Waals surface area contributed by atoms with Gasteiger partial charge in [0, 0.05) is 18.3 Å². The second-order valence-corrected chi connectivity index (χ2v) is 3.12. The Morgan fingerprint density at radius 3 is 2.93 bits per heavy atom. The van der Waals surface area contributed by atoms with Gasteiger partial charge in [0.1, 0.15) is 5.75 Å². The van der Waals surface area contributed by atoms with Gasteiger partial charge in [-0.15, -0.1) is 5.53 Å². The van der Waals surface area contributed by atoms with Crippen molar-refractivity contribution in [2.24, 2.45) is 0 Å². The molecule has 4 nitrogen and oxygen atoms in total. The number of hydrogen-bond acceptors (Lipinski definition) is 4. The Morgan fingerprint density at radius 1 is 1.43 bits per heavy atom. The van der Waals surface area contributed by atoms with E-state index < -0.39 is 0 Å². The summed E-state index contributed by atoms with van der Waals surface area (Å²) in [6.07, 6.45) is 1.97. The highest BCUT2D eigenvalue weighted by molar-refractivity contribution is 5.65. The third-order valence-corrected chi connectivity index (χ3v) is 2.12. The normalized spacial score (nSPS) is 15.2. The van der Waals surface area contributed by atoms with Gasteiger partial charge in [-0.2, -0.15) is 0 Å². The maximum atomic E-state index is 9.31. The first-order chi connectivity index (χ1) is 6.79. The van der Waals surface area contributed by atoms with Gasteiger partial charge in [-0.25, -0.2) is 0 Å². The summed E-state index contributed by atoms with van der Waals surface area (Å²) < 4.78 is 0. The van der Waals surface area contributed by atoms with Crippen molar-refractivity contribution < 1.29 is 5.11 Å². The second-order valence-electron chi connectivity index (χ2n) is 3.12. The minimum atomic E-state index is 0.278. The zero-order chi connectivity index (χ0) is 9.97. The van der Waals surface area contributed by atoms with Crippen LogP contribution in [0.15, 0.2) is 30.5 Å². The molecule has 0 aliphatic carbocycles. The quantitative estimate of drug-likeness (QED) is 0.653. The van der Waals surface area contributed by atoms with Crippen molar-refractivity contribution in [2.75, 3.05) is 6.54 Å². The van der Waals surface area contributed by atoms with E-state index in [4.69, 9.17) is 0 Å². The number of benzene rings is 1. The number of aromatic hydroxyl groups is 1. The first-order valence-corrected chi connectivity index (χ1v) is 4.59. The van der Waals surface area contributed by atoms with Crippen molar-refractivity contribution in [3.8, 4) is 5.75 Å². The number of nitrogens with zero attached hydrogens (tertiary/aromatic N) is 1. The van der Waals surface area contributed by atoms with Crippen LogP contribution in [0.25, 0.3) is 5.70 Å². The molecule has 74 valence electrons. The van der Waals surface area contributed by atoms with Crippen LogP contribution in [0.2, 0.25) is 0 Å². The molecule has 1 aromatic carbocycles. The minimum absolute atomic E-state index is 0.278. The molecule has 0 spiro atoms. The Labute approximate surface area is 82.8 Å². The van der Waals surface area contributed by atoms with Crippen LogP contribution >= 0.6 is 0 Å². The number of nitrogens with one attached hydrogen (secondary N) is 2. The van der Waals surface area contributed by atoms with E-state index in [1.807, 2.05) is 23.3 Å². The Hall–Kier alpha value is -1.68. The summed E-state index contributed by atoms with van der Waals surface area (Å²) in [5.41, 5.74) is 7.94. The van der Waals surface area contributed by atoms with E-state index >= 15 is 0 Å². The second kappa shape index (κ2) is 3.59. The molecule has 0 amide bonds. The molecule has 0 saturated carbocycles. The average Bonchev–Trinajstić information content (AvgIpc) is 2.66. The van der Waals surface area contributed by atoms with Crippen molar-refractivity contribution >= 4 is 5.70 Å². The smallest absolute Gasteiger partial charge is 0.116 e. The molecule has 1 aliphatic heterocycles. The summed E-state index contributed by atoms with van der Waals surface area (Å²) in [4.78, 5) is 0. The molecule has 3 N–H and O–H groups in total. The number of rotatable bonds is 2. The van der Waals surface area contributed by atoms with Gasteiger partial charge >= 0.3 is 0 Å². The minimum Gasteiger partial charge on any atom is -0.508 e. The zero-order valence-corrected chi connectivity index (χ0v) is 7.99. The Bertz CT molecular complexity index is 362. The van der Waals surface area contributed by atoms with Gasteiger partial charge in [0.2, 0.25) is 0 Å². The monoisotopic (exact) mass is 191 g/mol. The summed E-state index contributed by atoms with van der Waals surface area (Å²) in [5.74, 6) is 0.278. The van der Waals surface area contributed by atoms with Gasteiger partial charge in [0.25, 0.3) is 0 Å². The lowest BCUT2D eigenvalue weighted by Gasteiger charge is -2.10. The van der Waals surface area contributed by atoms with Crippen LogP contribution in [-0.4, -0.2) is 16.7 Å². The number of phenols is 1. The standard InChI is InChI=1S/C10H13N3O/c1-2-13-7-10(11-12-13)8-4-3-5-9(14)6-8/h3-7,11-12,14H,2H2,1H3. The molecular formula is C10H13N3O. The van der Waals surface area contributed by atoms with Crippen LogP contribution in [0.3, 0.4) is 0 Å². The molecular weight excluding hydrogens is 178 g/mol. The summed E-state index contributed by atoms with van der Waals surface area (Å²) in [7, 11) is 0. The molecule has 0 aromatic heterocycles. The van der Waals surface area contributed by atoms with Crippen LogP contribution in [0.5, 0.6) is 5.75 Å². The summed E-state index contributed by atoms with van der Waals surface area (Å²) in [5, 5.41) is 11.2. The molecule has 1 heterocycles. The molecule has 1 aliphatic rings. The zero-order valence-electron chi connectivity index (χ0n) is 7.99. The van der Waals surface area contributed by atoms with Gasteiger partial charge in [-0.3, -0.25) is 5.01 Å². The molecule has 0 fully saturated rings. The van der Waals surface area contributed by atoms with Crippen LogP contribution in [0.4, 0.5) is 0 Å². The first-order valence-electron chi connectivity index (χ1n) is 4.59. The lowest BCUT2D eigenvalue weighted by molar-refractivity contribution is 0.287. The van der Waals surface area contributed by atoms with Crippen molar-refractivity contribution in [3.63, 3.8) is 0 Å². The van der Waals surface area contributed by atoms with E-state index in [-0.39, 0.29) is 5.75 Å². The molecule has 14 heavy (non-hydrogen) atoms. The predicted molar refractivity (Wildman–Crippen MR) is 54.7 cm³/mol. The molecule has 0 unspecified atom stereocenters. The van der Waals surface area contributed by atoms with Crippen LogP contribution in [-0.2, 0) is 0 Å². The summed E-state index contributed by atoms with van der Waals surface area (Å²) in [6, 6.07) is 7.14. The van der Waals surface area contributed by atoms with Crippen molar-refractivity contribution in [2.45, 2.75) is 6.92 Å². The molecule has 0 atom stereocenters. The molecule has 0 saturated heterocycles. The fraction of sp³-hybridized carbons (Fsp3) is 0.200. The largest absolute Gasteiger partial charge is 0.508 e. The fourth-order valence-electron chi connectivity index (χ4n) is 1.34. The fourth-order valence-corrected chi connectivity index (χ4v) is 1.34. The van der Waals surface area contributed by atoms with E-state index in [1.165, 1.54) is 0 Å². The van der Waals surface area contributed by atoms with Crippen molar-refractivity contribution in [3.05, 3.63) is 36.0 Å². The van der Waals surface area contributed by atoms with E-state index in [1.54, 1.807) is 12.1 Å². The van der Waals surface area contributed by atoms with Gasteiger partial charge in [-0.1, -0.05) is 12.1 Å². The predicted octanol–water partition coefficient (Wildman–Crippen LogP) is 1.04. The molecule has 0 bridgehead atoms. The van der Waals surface area contributed by atoms with E-state index in [0.29, 0.717) is 0 Å². The van der Waals surface area contributed by atoms with Gasteiger partial charge < -0.3 is 10.5 Å². The third kappa shape index (κ3) is 1.65. The molecule has 0 radical (unpaired) electrons. The Kier molecular flexibility index (Phi) is 2.28. The van der Waals surface area contributed by atoms with Crippen LogP contribution in [0, 0.1) is 0 Å². The van der Waals surface area contributed by atoms with Gasteiger partial charge in [0.05, 0.1) is 5.70 Å². The topological polar surface area (TPSA) is 47.5 Å². The lowest BCUT2D eigenvalue weighted by Crippen LogP contribution is -2.35. The number of phenolic OH excluding ortho intramolecular Hbond substituents is 1. The number of hydrazine groups is 2. The maximum Gasteiger partial charge on any atom is 0.116 e. The van der Waals surface area contributed by atoms with Crippen LogP contribution < -0.4 is 11.0 Å². The molecule has 4 heteroatoms. The highest BCUT2D eigenvalue weighted by atomic mass is 16.3. The summed E-state index contributed by atoms with van der Waals surface area (Å²) in [6.45, 7) is 2.94. The highest BCUT2D eigenvalue weighted by Gasteiger charge is 2.10. The molecule has 2 rings (SSSR count). The van der Waals surface area contributed by atoms with Gasteiger partial charge in [0.15, 0.2) is 0 Å². The highest BCUT2D eigenvalue weighted by Crippen LogP contribution is 2.18. The average molecular weight is 191 g/mol. The van der Waals surface area contributed by atoms with E-state index in [0.717, 1.165) is 17.8 Å². The lowest BCUT2D eigenvalue weighted by atomic mass is 10.1. The van der Waals surface area contributed by atoms with E-state index in [2.05, 4.69) is 17.9 Å². The van der Waals surface area contributed by atoms with Gasteiger partial charge in [-0.05, 0) is 19.1 Å². The summed E-state index contributed by atoms with van der Waals surface area (Å²) >= 11 is 0. The number of hydrogen-bond donors (Lipinski definition) is 3. The first kappa shape index (κ1) is 8.90. The van der Waals surface area contributed by atoms with Crippen molar-refractivity contribution in [1.29, 1.82) is 0 Å². The Morgan fingerprint density at radius 2 is 2.29 bits per heavy atom. The SMILES string of the molecule is CCN1C=C(c2cccc(O)c2)NN1. The molecule has 1 aromatic rings. The maximum absolute atomic E-state index is 9.31. The van der Waals surface area contributed by atoms with Crippen LogP contribution in [0.1, 0.15) is 12.5 Å².